The van der Waals surface area contributed by atoms with Crippen LogP contribution in [0.4, 0.5) is 5.69 Å². The first-order chi connectivity index (χ1) is 13.5. The number of nitrogens with zero attached hydrogens (tertiary/aromatic N) is 3. The van der Waals surface area contributed by atoms with Crippen molar-refractivity contribution in [1.82, 2.24) is 9.99 Å². The highest BCUT2D eigenvalue weighted by molar-refractivity contribution is 7.07. The highest BCUT2D eigenvalue weighted by Crippen LogP contribution is 2.20. The topological polar surface area (TPSA) is 89.5 Å². The molecule has 0 saturated heterocycles. The molecule has 0 bridgehead atoms. The molecule has 3 aromatic rings. The first-order valence-electron chi connectivity index (χ1n) is 8.44. The number of aromatic nitrogens is 1. The number of thiazole rings is 1. The quantitative estimate of drug-likeness (QED) is 0.391. The van der Waals surface area contributed by atoms with E-state index in [-0.39, 0.29) is 5.69 Å². The third-order valence-corrected chi connectivity index (χ3v) is 4.91. The van der Waals surface area contributed by atoms with E-state index in [4.69, 9.17) is 0 Å². The van der Waals surface area contributed by atoms with Gasteiger partial charge in [-0.1, -0.05) is 35.9 Å². The van der Waals surface area contributed by atoms with E-state index in [0.717, 1.165) is 11.3 Å². The zero-order chi connectivity index (χ0) is 20.1. The monoisotopic (exact) mass is 394 g/mol. The summed E-state index contributed by atoms with van der Waals surface area (Å²) < 4.78 is 1.96. The summed E-state index contributed by atoms with van der Waals surface area (Å²) in [7, 11) is 0. The highest BCUT2D eigenvalue weighted by Gasteiger charge is 2.10. The number of non-ortho nitro benzene ring substituents is 1. The molecule has 0 aliphatic rings. The van der Waals surface area contributed by atoms with Gasteiger partial charge < -0.3 is 4.57 Å². The zero-order valence-corrected chi connectivity index (χ0v) is 16.0. The molecule has 1 aromatic heterocycles. The summed E-state index contributed by atoms with van der Waals surface area (Å²) in [5, 5.41) is 16.9. The standard InChI is InChI=1S/C20H18N4O3S/c1-3-12-23-18(15-6-4-14(2)5-7-15)13-28-20(23)22-21-19(25)16-8-10-17(11-9-16)24(26)27/h3-11,13H,1,12H2,2H3,(H,21,25). The van der Waals surface area contributed by atoms with E-state index < -0.39 is 10.8 Å². The molecule has 8 heteroatoms. The molecule has 3 rings (SSSR count). The lowest BCUT2D eigenvalue weighted by atomic mass is 10.1. The van der Waals surface area contributed by atoms with Crippen LogP contribution in [-0.2, 0) is 6.54 Å². The minimum atomic E-state index is -0.511. The summed E-state index contributed by atoms with van der Waals surface area (Å²) in [6.45, 7) is 6.36. The lowest BCUT2D eigenvalue weighted by molar-refractivity contribution is -0.384. The Morgan fingerprint density at radius 1 is 1.25 bits per heavy atom. The van der Waals surface area contributed by atoms with Crippen molar-refractivity contribution < 1.29 is 9.72 Å². The number of benzene rings is 2. The van der Waals surface area contributed by atoms with Crippen molar-refractivity contribution in [1.29, 1.82) is 0 Å². The van der Waals surface area contributed by atoms with Gasteiger partial charge in [0, 0.05) is 29.6 Å². The molecule has 7 nitrogen and oxygen atoms in total. The van der Waals surface area contributed by atoms with Gasteiger partial charge in [-0.2, -0.15) is 0 Å². The Balaban J connectivity index is 1.87. The van der Waals surface area contributed by atoms with Crippen LogP contribution >= 0.6 is 11.3 Å². The van der Waals surface area contributed by atoms with Crippen molar-refractivity contribution in [3.63, 3.8) is 0 Å². The van der Waals surface area contributed by atoms with Crippen LogP contribution in [0.2, 0.25) is 0 Å². The van der Waals surface area contributed by atoms with E-state index in [9.17, 15) is 14.9 Å². The minimum Gasteiger partial charge on any atom is -0.311 e. The second-order valence-electron chi connectivity index (χ2n) is 6.03. The van der Waals surface area contributed by atoms with Crippen molar-refractivity contribution in [3.05, 3.63) is 92.6 Å². The summed E-state index contributed by atoms with van der Waals surface area (Å²) in [4.78, 5) is 23.1. The second-order valence-corrected chi connectivity index (χ2v) is 6.86. The van der Waals surface area contributed by atoms with Crippen LogP contribution in [0.5, 0.6) is 0 Å². The van der Waals surface area contributed by atoms with Crippen molar-refractivity contribution in [2.24, 2.45) is 5.10 Å². The predicted molar refractivity (Wildman–Crippen MR) is 109 cm³/mol. The largest absolute Gasteiger partial charge is 0.311 e. The molecule has 0 fully saturated rings. The maximum absolute atomic E-state index is 12.3. The van der Waals surface area contributed by atoms with E-state index in [1.807, 2.05) is 41.1 Å². The number of hydrogen-bond donors (Lipinski definition) is 1. The number of nitro groups is 1. The van der Waals surface area contributed by atoms with Crippen molar-refractivity contribution in [3.8, 4) is 11.3 Å². The minimum absolute atomic E-state index is 0.0710. The fraction of sp³-hybridized carbons (Fsp3) is 0.100. The van der Waals surface area contributed by atoms with Gasteiger partial charge in [0.05, 0.1) is 10.6 Å². The third kappa shape index (κ3) is 4.24. The van der Waals surface area contributed by atoms with Crippen LogP contribution in [0.15, 0.2) is 71.7 Å². The van der Waals surface area contributed by atoms with Crippen LogP contribution < -0.4 is 10.2 Å². The van der Waals surface area contributed by atoms with E-state index in [1.54, 1.807) is 6.08 Å². The number of allylic oxidation sites excluding steroid dienone is 1. The fourth-order valence-corrected chi connectivity index (χ4v) is 3.46. The number of hydrogen-bond acceptors (Lipinski definition) is 5. The average Bonchev–Trinajstić information content (AvgIpc) is 3.09. The normalized spacial score (nSPS) is 11.2. The number of amides is 1. The molecule has 1 heterocycles. The number of aryl methyl sites for hydroxylation is 1. The van der Waals surface area contributed by atoms with E-state index in [1.165, 1.54) is 41.2 Å². The van der Waals surface area contributed by atoms with E-state index in [0.29, 0.717) is 16.9 Å². The van der Waals surface area contributed by atoms with Crippen molar-refractivity contribution in [2.75, 3.05) is 0 Å². The summed E-state index contributed by atoms with van der Waals surface area (Å²) in [6, 6.07) is 13.5. The Bertz CT molecular complexity index is 1080. The Labute approximate surface area is 165 Å². The third-order valence-electron chi connectivity index (χ3n) is 4.05. The van der Waals surface area contributed by atoms with Crippen LogP contribution in [0, 0.1) is 17.0 Å². The molecule has 0 unspecified atom stereocenters. The maximum Gasteiger partial charge on any atom is 0.271 e. The van der Waals surface area contributed by atoms with E-state index >= 15 is 0 Å². The average molecular weight is 394 g/mol. The van der Waals surface area contributed by atoms with Gasteiger partial charge in [-0.25, -0.2) is 5.43 Å². The van der Waals surface area contributed by atoms with E-state index in [2.05, 4.69) is 17.1 Å². The molecule has 0 atom stereocenters. The lowest BCUT2D eigenvalue weighted by Gasteiger charge is -2.07. The van der Waals surface area contributed by atoms with Crippen LogP contribution in [0.25, 0.3) is 11.3 Å². The Kier molecular flexibility index (Phi) is 5.81. The summed E-state index contributed by atoms with van der Waals surface area (Å²) in [5.74, 6) is -0.440. The number of rotatable bonds is 6. The molecule has 0 saturated carbocycles. The van der Waals surface area contributed by atoms with Gasteiger partial charge in [-0.15, -0.1) is 23.0 Å². The Hall–Kier alpha value is -3.52. The molecule has 2 aromatic carbocycles. The van der Waals surface area contributed by atoms with Gasteiger partial charge in [-0.3, -0.25) is 14.9 Å². The first-order valence-corrected chi connectivity index (χ1v) is 9.32. The van der Waals surface area contributed by atoms with Gasteiger partial charge in [0.2, 0.25) is 4.80 Å². The van der Waals surface area contributed by atoms with Gasteiger partial charge in [0.1, 0.15) is 0 Å². The molecule has 142 valence electrons. The fourth-order valence-electron chi connectivity index (χ4n) is 2.58. The van der Waals surface area contributed by atoms with Crippen LogP contribution in [0.3, 0.4) is 0 Å². The van der Waals surface area contributed by atoms with Crippen LogP contribution in [0.1, 0.15) is 15.9 Å². The SMILES string of the molecule is C=CCn1c(-c2ccc(C)cc2)csc1=NNC(=O)c1ccc([N+](=O)[O-])cc1. The second kappa shape index (κ2) is 8.45. The molecule has 0 spiro atoms. The number of nitrogens with one attached hydrogen (secondary N) is 1. The summed E-state index contributed by atoms with van der Waals surface area (Å²) in [5.41, 5.74) is 5.93. The molecule has 0 radical (unpaired) electrons. The predicted octanol–water partition coefficient (Wildman–Crippen LogP) is 3.86. The maximum atomic E-state index is 12.3. The molecule has 0 aliphatic carbocycles. The summed E-state index contributed by atoms with van der Waals surface area (Å²) >= 11 is 1.40. The molecular weight excluding hydrogens is 376 g/mol. The van der Waals surface area contributed by atoms with Gasteiger partial charge >= 0.3 is 0 Å². The van der Waals surface area contributed by atoms with Gasteiger partial charge in [0.15, 0.2) is 0 Å². The highest BCUT2D eigenvalue weighted by atomic mass is 32.1. The van der Waals surface area contributed by atoms with Gasteiger partial charge in [-0.05, 0) is 24.6 Å². The molecule has 28 heavy (non-hydrogen) atoms. The Morgan fingerprint density at radius 2 is 1.93 bits per heavy atom. The zero-order valence-electron chi connectivity index (χ0n) is 15.2. The molecule has 1 N–H and O–H groups in total. The lowest BCUT2D eigenvalue weighted by Crippen LogP contribution is -2.24. The molecular formula is C20H18N4O3S. The smallest absolute Gasteiger partial charge is 0.271 e. The number of nitro benzene ring substituents is 1. The Morgan fingerprint density at radius 3 is 2.54 bits per heavy atom. The van der Waals surface area contributed by atoms with Gasteiger partial charge in [0.25, 0.3) is 11.6 Å². The first kappa shape index (κ1) is 19.2. The number of carbonyl (C=O) groups excluding carboxylic acids is 1. The molecule has 0 aliphatic heterocycles. The number of carbonyl (C=O) groups is 1. The van der Waals surface area contributed by atoms with Crippen molar-refractivity contribution in [2.45, 2.75) is 13.5 Å². The van der Waals surface area contributed by atoms with Crippen LogP contribution in [-0.4, -0.2) is 15.4 Å². The van der Waals surface area contributed by atoms with Crippen molar-refractivity contribution >= 4 is 22.9 Å². The summed E-state index contributed by atoms with van der Waals surface area (Å²) in [6.07, 6.45) is 1.77. The molecule has 1 amide bonds.